The summed E-state index contributed by atoms with van der Waals surface area (Å²) in [5.41, 5.74) is 0. The molecule has 2 nitrogen and oxygen atoms in total. The lowest BCUT2D eigenvalue weighted by molar-refractivity contribution is -0.0324. The summed E-state index contributed by atoms with van der Waals surface area (Å²) in [6.07, 6.45) is 29.7. The molecule has 4 rings (SSSR count). The molecule has 3 saturated carbocycles. The Morgan fingerprint density at radius 3 is 1.64 bits per heavy atom. The second-order valence-corrected chi connectivity index (χ2v) is 12.4. The molecule has 0 heterocycles. The molecule has 0 saturated heterocycles. The van der Waals surface area contributed by atoms with Crippen LogP contribution in [0.15, 0.2) is 12.2 Å². The van der Waals surface area contributed by atoms with E-state index in [1.54, 1.807) is 0 Å². The van der Waals surface area contributed by atoms with E-state index >= 15 is 0 Å². The minimum Gasteiger partial charge on any atom is -0.378 e. The average Bonchev–Trinajstić information content (AvgIpc) is 2.87. The molecular weight excluding hydrogens is 404 g/mol. The van der Waals surface area contributed by atoms with Crippen LogP contribution in [0.1, 0.15) is 123 Å². The molecule has 0 aromatic rings. The fourth-order valence-corrected chi connectivity index (χ4v) is 7.54. The van der Waals surface area contributed by atoms with E-state index in [-0.39, 0.29) is 0 Å². The van der Waals surface area contributed by atoms with Crippen LogP contribution >= 0.6 is 0 Å². The number of rotatable bonds is 10. The largest absolute Gasteiger partial charge is 0.378 e. The molecule has 0 bridgehead atoms. The highest BCUT2D eigenvalue weighted by atomic mass is 16.5. The standard InChI is InChI=1S/C31H54O2/c1-3-22-32-30-18-20-31(21-19-30)33-23-4-5-25-8-12-27(13-9-25)29-16-14-28(15-17-29)26-10-6-24(2)7-11-26/h14,16,24-31H,3-13,15,17-23H2,1-2H3. The normalized spacial score (nSPS) is 40.1. The molecule has 3 fully saturated rings. The molecule has 190 valence electrons. The molecule has 2 unspecified atom stereocenters. The zero-order chi connectivity index (χ0) is 22.9. The van der Waals surface area contributed by atoms with Crippen LogP contribution in [0.5, 0.6) is 0 Å². The van der Waals surface area contributed by atoms with Gasteiger partial charge in [-0.15, -0.1) is 0 Å². The third-order valence-electron chi connectivity index (χ3n) is 9.89. The Hall–Kier alpha value is -0.340. The first kappa shape index (κ1) is 25.7. The summed E-state index contributed by atoms with van der Waals surface area (Å²) in [6, 6.07) is 0. The zero-order valence-electron chi connectivity index (χ0n) is 22.0. The van der Waals surface area contributed by atoms with Gasteiger partial charge in [0, 0.05) is 13.2 Å². The molecule has 0 N–H and O–H groups in total. The quantitative estimate of drug-likeness (QED) is 0.241. The Bertz CT molecular complexity index is 547. The van der Waals surface area contributed by atoms with E-state index in [9.17, 15) is 0 Å². The smallest absolute Gasteiger partial charge is 0.0577 e. The highest BCUT2D eigenvalue weighted by molar-refractivity contribution is 5.03. The third kappa shape index (κ3) is 8.09. The summed E-state index contributed by atoms with van der Waals surface area (Å²) in [6.45, 7) is 6.55. The van der Waals surface area contributed by atoms with E-state index in [1.165, 1.54) is 103 Å². The Kier molecular flexibility index (Phi) is 10.7. The van der Waals surface area contributed by atoms with E-state index in [0.717, 1.165) is 55.1 Å². The molecule has 0 aromatic heterocycles. The summed E-state index contributed by atoms with van der Waals surface area (Å²) >= 11 is 0. The number of allylic oxidation sites excluding steroid dienone is 2. The lowest BCUT2D eigenvalue weighted by atomic mass is 9.68. The fraction of sp³-hybridized carbons (Fsp3) is 0.935. The van der Waals surface area contributed by atoms with Crippen molar-refractivity contribution in [2.45, 2.75) is 135 Å². The summed E-state index contributed by atoms with van der Waals surface area (Å²) in [7, 11) is 0. The van der Waals surface area contributed by atoms with Crippen molar-refractivity contribution in [3.8, 4) is 0 Å². The van der Waals surface area contributed by atoms with Crippen molar-refractivity contribution < 1.29 is 9.47 Å². The van der Waals surface area contributed by atoms with E-state index < -0.39 is 0 Å². The van der Waals surface area contributed by atoms with Crippen molar-refractivity contribution >= 4 is 0 Å². The van der Waals surface area contributed by atoms with E-state index in [4.69, 9.17) is 9.47 Å². The van der Waals surface area contributed by atoms with Crippen LogP contribution in [0.3, 0.4) is 0 Å². The van der Waals surface area contributed by atoms with Crippen LogP contribution in [0, 0.1) is 35.5 Å². The molecule has 0 aromatic carbocycles. The van der Waals surface area contributed by atoms with Gasteiger partial charge >= 0.3 is 0 Å². The molecule has 0 aliphatic heterocycles. The molecule has 33 heavy (non-hydrogen) atoms. The van der Waals surface area contributed by atoms with Crippen LogP contribution in [0.25, 0.3) is 0 Å². The van der Waals surface area contributed by atoms with Crippen molar-refractivity contribution in [3.05, 3.63) is 12.2 Å². The first-order valence-corrected chi connectivity index (χ1v) is 15.1. The lowest BCUT2D eigenvalue weighted by Crippen LogP contribution is -2.27. The predicted molar refractivity (Wildman–Crippen MR) is 139 cm³/mol. The summed E-state index contributed by atoms with van der Waals surface area (Å²) in [5, 5.41) is 0. The number of hydrogen-bond donors (Lipinski definition) is 0. The third-order valence-corrected chi connectivity index (χ3v) is 9.89. The van der Waals surface area contributed by atoms with Crippen LogP contribution < -0.4 is 0 Å². The van der Waals surface area contributed by atoms with Gasteiger partial charge < -0.3 is 9.47 Å². The molecule has 4 aliphatic carbocycles. The van der Waals surface area contributed by atoms with Crippen LogP contribution in [0.2, 0.25) is 0 Å². The maximum absolute atomic E-state index is 6.24. The molecule has 0 spiro atoms. The van der Waals surface area contributed by atoms with Crippen molar-refractivity contribution in [2.75, 3.05) is 13.2 Å². The molecular formula is C31H54O2. The maximum atomic E-state index is 6.24. The molecule has 0 radical (unpaired) electrons. The van der Waals surface area contributed by atoms with Gasteiger partial charge in [0.05, 0.1) is 12.2 Å². The summed E-state index contributed by atoms with van der Waals surface area (Å²) in [4.78, 5) is 0. The monoisotopic (exact) mass is 458 g/mol. The Morgan fingerprint density at radius 2 is 1.12 bits per heavy atom. The second-order valence-electron chi connectivity index (χ2n) is 12.4. The SMILES string of the molecule is CCCOC1CCC(OCCCC2CCC(C3C=CC(C4CCC(C)CC4)CC3)CC2)CC1. The molecule has 0 amide bonds. The zero-order valence-corrected chi connectivity index (χ0v) is 22.0. The first-order valence-electron chi connectivity index (χ1n) is 15.1. The van der Waals surface area contributed by atoms with E-state index in [1.807, 2.05) is 0 Å². The minimum absolute atomic E-state index is 0.501. The molecule has 4 aliphatic rings. The van der Waals surface area contributed by atoms with Crippen molar-refractivity contribution in [1.29, 1.82) is 0 Å². The van der Waals surface area contributed by atoms with Gasteiger partial charge in [-0.25, -0.2) is 0 Å². The Labute approximate surface area is 205 Å². The van der Waals surface area contributed by atoms with Crippen LogP contribution in [-0.4, -0.2) is 25.4 Å². The van der Waals surface area contributed by atoms with Gasteiger partial charge in [-0.3, -0.25) is 0 Å². The van der Waals surface area contributed by atoms with Gasteiger partial charge in [0.15, 0.2) is 0 Å². The second kappa shape index (κ2) is 13.7. The topological polar surface area (TPSA) is 18.5 Å². The average molecular weight is 459 g/mol. The fourth-order valence-electron chi connectivity index (χ4n) is 7.54. The molecule has 2 heteroatoms. The van der Waals surface area contributed by atoms with Gasteiger partial charge in [0.25, 0.3) is 0 Å². The summed E-state index contributed by atoms with van der Waals surface area (Å²) < 4.78 is 12.2. The molecule has 2 atom stereocenters. The van der Waals surface area contributed by atoms with Crippen molar-refractivity contribution in [2.24, 2.45) is 35.5 Å². The van der Waals surface area contributed by atoms with Gasteiger partial charge in [-0.2, -0.15) is 0 Å². The maximum Gasteiger partial charge on any atom is 0.0577 e. The van der Waals surface area contributed by atoms with Gasteiger partial charge in [-0.1, -0.05) is 51.7 Å². The highest BCUT2D eigenvalue weighted by Crippen LogP contribution is 2.43. The van der Waals surface area contributed by atoms with E-state index in [0.29, 0.717) is 12.2 Å². The first-order chi connectivity index (χ1) is 16.2. The Morgan fingerprint density at radius 1 is 0.606 bits per heavy atom. The predicted octanol–water partition coefficient (Wildman–Crippen LogP) is 8.74. The summed E-state index contributed by atoms with van der Waals surface area (Å²) in [5.74, 6) is 5.72. The number of ether oxygens (including phenoxy) is 2. The minimum atomic E-state index is 0.501. The van der Waals surface area contributed by atoms with Crippen LogP contribution in [0.4, 0.5) is 0 Å². The van der Waals surface area contributed by atoms with Gasteiger partial charge in [-0.05, 0) is 119 Å². The van der Waals surface area contributed by atoms with E-state index in [2.05, 4.69) is 26.0 Å². The van der Waals surface area contributed by atoms with Crippen molar-refractivity contribution in [3.63, 3.8) is 0 Å². The van der Waals surface area contributed by atoms with Crippen molar-refractivity contribution in [1.82, 2.24) is 0 Å². The highest BCUT2D eigenvalue weighted by Gasteiger charge is 2.31. The number of hydrogen-bond acceptors (Lipinski definition) is 2. The van der Waals surface area contributed by atoms with Crippen LogP contribution in [-0.2, 0) is 9.47 Å². The van der Waals surface area contributed by atoms with Gasteiger partial charge in [0.2, 0.25) is 0 Å². The lowest BCUT2D eigenvalue weighted by Gasteiger charge is -2.38. The Balaban J connectivity index is 1.05. The van der Waals surface area contributed by atoms with Gasteiger partial charge in [0.1, 0.15) is 0 Å².